The van der Waals surface area contributed by atoms with E-state index in [-0.39, 0.29) is 0 Å². The van der Waals surface area contributed by atoms with E-state index in [9.17, 15) is 0 Å². The maximum absolute atomic E-state index is 5.49. The standard InChI is InChI=1S/C16H14O2/c1-11-14(12-6-4-3-5-7-12)10-13-8-9-18-16(13)15(11)17-2/h3-10H,1-2H3. The van der Waals surface area contributed by atoms with Crippen molar-refractivity contribution in [2.75, 3.05) is 7.11 Å². The fourth-order valence-electron chi connectivity index (χ4n) is 2.34. The maximum atomic E-state index is 5.49. The molecule has 1 heterocycles. The number of rotatable bonds is 2. The van der Waals surface area contributed by atoms with Crippen LogP contribution in [0, 0.1) is 6.92 Å². The Balaban J connectivity index is 2.33. The highest BCUT2D eigenvalue weighted by Gasteiger charge is 2.13. The Morgan fingerprint density at radius 2 is 1.83 bits per heavy atom. The normalized spacial score (nSPS) is 10.8. The lowest BCUT2D eigenvalue weighted by molar-refractivity contribution is 0.407. The van der Waals surface area contributed by atoms with Gasteiger partial charge < -0.3 is 9.15 Å². The minimum atomic E-state index is 0.815. The van der Waals surface area contributed by atoms with E-state index >= 15 is 0 Å². The minimum Gasteiger partial charge on any atom is -0.493 e. The first-order valence-corrected chi connectivity index (χ1v) is 5.91. The van der Waals surface area contributed by atoms with Crippen LogP contribution in [0.5, 0.6) is 5.75 Å². The quantitative estimate of drug-likeness (QED) is 0.659. The molecule has 0 saturated carbocycles. The smallest absolute Gasteiger partial charge is 0.175 e. The van der Waals surface area contributed by atoms with E-state index in [1.54, 1.807) is 13.4 Å². The van der Waals surface area contributed by atoms with Crippen molar-refractivity contribution in [3.05, 3.63) is 54.3 Å². The average Bonchev–Trinajstić information content (AvgIpc) is 2.87. The lowest BCUT2D eigenvalue weighted by Crippen LogP contribution is -1.91. The molecule has 1 aromatic heterocycles. The van der Waals surface area contributed by atoms with Crippen molar-refractivity contribution >= 4 is 11.0 Å². The minimum absolute atomic E-state index is 0.815. The lowest BCUT2D eigenvalue weighted by Gasteiger charge is -2.11. The van der Waals surface area contributed by atoms with E-state index in [0.29, 0.717) is 0 Å². The van der Waals surface area contributed by atoms with Crippen LogP contribution in [0.1, 0.15) is 5.56 Å². The highest BCUT2D eigenvalue weighted by atomic mass is 16.5. The highest BCUT2D eigenvalue weighted by molar-refractivity contribution is 5.91. The van der Waals surface area contributed by atoms with E-state index in [4.69, 9.17) is 9.15 Å². The second kappa shape index (κ2) is 4.22. The van der Waals surface area contributed by atoms with E-state index in [2.05, 4.69) is 25.1 Å². The van der Waals surface area contributed by atoms with Crippen LogP contribution >= 0.6 is 0 Å². The topological polar surface area (TPSA) is 22.4 Å². The summed E-state index contributed by atoms with van der Waals surface area (Å²) in [5.41, 5.74) is 4.29. The Morgan fingerprint density at radius 3 is 2.56 bits per heavy atom. The molecular weight excluding hydrogens is 224 g/mol. The molecule has 0 unspecified atom stereocenters. The molecule has 2 heteroatoms. The molecule has 18 heavy (non-hydrogen) atoms. The van der Waals surface area contributed by atoms with Crippen LogP contribution in [-0.2, 0) is 0 Å². The molecule has 3 aromatic rings. The van der Waals surface area contributed by atoms with E-state index in [1.165, 1.54) is 11.1 Å². The molecular formula is C16H14O2. The second-order valence-electron chi connectivity index (χ2n) is 4.29. The third kappa shape index (κ3) is 1.58. The van der Waals surface area contributed by atoms with Crippen LogP contribution in [0.2, 0.25) is 0 Å². The zero-order chi connectivity index (χ0) is 12.5. The number of furan rings is 1. The molecule has 0 bridgehead atoms. The molecule has 0 spiro atoms. The summed E-state index contributed by atoms with van der Waals surface area (Å²) in [5.74, 6) is 0.816. The van der Waals surface area contributed by atoms with Crippen molar-refractivity contribution in [1.82, 2.24) is 0 Å². The molecule has 0 atom stereocenters. The van der Waals surface area contributed by atoms with Gasteiger partial charge in [0.1, 0.15) is 0 Å². The molecule has 0 amide bonds. The van der Waals surface area contributed by atoms with Gasteiger partial charge in [-0.3, -0.25) is 0 Å². The highest BCUT2D eigenvalue weighted by Crippen LogP contribution is 2.37. The fourth-order valence-corrected chi connectivity index (χ4v) is 2.34. The molecule has 0 saturated heterocycles. The summed E-state index contributed by atoms with van der Waals surface area (Å²) < 4.78 is 11.0. The van der Waals surface area contributed by atoms with Crippen molar-refractivity contribution in [2.45, 2.75) is 6.92 Å². The number of benzene rings is 2. The SMILES string of the molecule is COc1c(C)c(-c2ccccc2)cc2ccoc12. The first-order valence-electron chi connectivity index (χ1n) is 5.91. The molecule has 0 aliphatic heterocycles. The van der Waals surface area contributed by atoms with Crippen LogP contribution in [0.25, 0.3) is 22.1 Å². The third-order valence-corrected chi connectivity index (χ3v) is 3.24. The summed E-state index contributed by atoms with van der Waals surface area (Å²) in [6.07, 6.45) is 1.70. The zero-order valence-corrected chi connectivity index (χ0v) is 10.4. The first-order chi connectivity index (χ1) is 8.81. The molecule has 0 aliphatic carbocycles. The van der Waals surface area contributed by atoms with E-state index < -0.39 is 0 Å². The van der Waals surface area contributed by atoms with Gasteiger partial charge in [0.25, 0.3) is 0 Å². The summed E-state index contributed by atoms with van der Waals surface area (Å²) in [6, 6.07) is 14.4. The number of hydrogen-bond donors (Lipinski definition) is 0. The summed E-state index contributed by atoms with van der Waals surface area (Å²) in [5, 5.41) is 1.07. The molecule has 2 nitrogen and oxygen atoms in total. The van der Waals surface area contributed by atoms with Crippen LogP contribution in [0.15, 0.2) is 53.1 Å². The van der Waals surface area contributed by atoms with E-state index in [0.717, 1.165) is 22.3 Å². The Morgan fingerprint density at radius 1 is 1.06 bits per heavy atom. The Hall–Kier alpha value is -2.22. The molecule has 0 radical (unpaired) electrons. The van der Waals surface area contributed by atoms with Crippen molar-refractivity contribution in [3.63, 3.8) is 0 Å². The maximum Gasteiger partial charge on any atom is 0.175 e. The Labute approximate surface area is 106 Å². The molecule has 0 aliphatic rings. The monoisotopic (exact) mass is 238 g/mol. The van der Waals surface area contributed by atoms with Gasteiger partial charge >= 0.3 is 0 Å². The van der Waals surface area contributed by atoms with Crippen LogP contribution < -0.4 is 4.74 Å². The van der Waals surface area contributed by atoms with Crippen molar-refractivity contribution in [1.29, 1.82) is 0 Å². The van der Waals surface area contributed by atoms with Gasteiger partial charge in [0.05, 0.1) is 13.4 Å². The van der Waals surface area contributed by atoms with Crippen LogP contribution in [0.4, 0.5) is 0 Å². The summed E-state index contributed by atoms with van der Waals surface area (Å²) in [7, 11) is 1.68. The largest absolute Gasteiger partial charge is 0.493 e. The predicted molar refractivity (Wildman–Crippen MR) is 72.9 cm³/mol. The van der Waals surface area contributed by atoms with E-state index in [1.807, 2.05) is 24.3 Å². The molecule has 0 fully saturated rings. The second-order valence-corrected chi connectivity index (χ2v) is 4.29. The summed E-state index contributed by atoms with van der Waals surface area (Å²) in [4.78, 5) is 0. The summed E-state index contributed by atoms with van der Waals surface area (Å²) >= 11 is 0. The van der Waals surface area contributed by atoms with Crippen molar-refractivity contribution in [2.24, 2.45) is 0 Å². The number of ether oxygens (including phenoxy) is 1. The predicted octanol–water partition coefficient (Wildman–Crippen LogP) is 4.42. The lowest BCUT2D eigenvalue weighted by atomic mass is 9.98. The third-order valence-electron chi connectivity index (χ3n) is 3.24. The van der Waals surface area contributed by atoms with Crippen LogP contribution in [0.3, 0.4) is 0 Å². The van der Waals surface area contributed by atoms with Gasteiger partial charge in [-0.25, -0.2) is 0 Å². The number of fused-ring (bicyclic) bond motifs is 1. The van der Waals surface area contributed by atoms with Gasteiger partial charge in [0.15, 0.2) is 11.3 Å². The zero-order valence-electron chi connectivity index (χ0n) is 10.4. The van der Waals surface area contributed by atoms with Gasteiger partial charge in [-0.05, 0) is 30.2 Å². The van der Waals surface area contributed by atoms with Gasteiger partial charge in [0, 0.05) is 10.9 Å². The van der Waals surface area contributed by atoms with Gasteiger partial charge in [-0.1, -0.05) is 30.3 Å². The first kappa shape index (κ1) is 10.9. The van der Waals surface area contributed by atoms with Gasteiger partial charge in [0.2, 0.25) is 0 Å². The van der Waals surface area contributed by atoms with Gasteiger partial charge in [-0.15, -0.1) is 0 Å². The summed E-state index contributed by atoms with van der Waals surface area (Å²) in [6.45, 7) is 2.06. The Kier molecular flexibility index (Phi) is 2.56. The molecule has 2 aromatic carbocycles. The number of hydrogen-bond acceptors (Lipinski definition) is 2. The van der Waals surface area contributed by atoms with Gasteiger partial charge in [-0.2, -0.15) is 0 Å². The molecule has 3 rings (SSSR count). The fraction of sp³-hybridized carbons (Fsp3) is 0.125. The molecule has 90 valence electrons. The molecule has 0 N–H and O–H groups in total. The number of methoxy groups -OCH3 is 1. The average molecular weight is 238 g/mol. The van der Waals surface area contributed by atoms with Crippen molar-refractivity contribution in [3.8, 4) is 16.9 Å². The van der Waals surface area contributed by atoms with Crippen LogP contribution in [-0.4, -0.2) is 7.11 Å². The van der Waals surface area contributed by atoms with Crippen molar-refractivity contribution < 1.29 is 9.15 Å². The Bertz CT molecular complexity index is 681.